The minimum Gasteiger partial charge on any atom is -0.457 e. The van der Waals surface area contributed by atoms with Gasteiger partial charge in [-0.15, -0.1) is 6.58 Å². The molecule has 0 fully saturated rings. The maximum atomic E-state index is 13.0. The van der Waals surface area contributed by atoms with Gasteiger partial charge in [-0.05, 0) is 68.1 Å². The third kappa shape index (κ3) is 6.27. The zero-order valence-electron chi connectivity index (χ0n) is 14.2. The average Bonchev–Trinajstić information content (AvgIpc) is 2.64. The fourth-order valence-corrected chi connectivity index (χ4v) is 2.41. The highest BCUT2D eigenvalue weighted by molar-refractivity contribution is 5.60. The molecule has 0 spiro atoms. The number of benzene rings is 2. The summed E-state index contributed by atoms with van der Waals surface area (Å²) in [5.41, 5.74) is 1.42. The van der Waals surface area contributed by atoms with Crippen molar-refractivity contribution < 1.29 is 9.13 Å². The molecule has 0 radical (unpaired) electrons. The SMILES string of the molecule is C=CCCCCC/C=C\c1cc(C#N)ccc1Oc1ccc(F)cc1. The van der Waals surface area contributed by atoms with Crippen LogP contribution >= 0.6 is 0 Å². The second-order valence-corrected chi connectivity index (χ2v) is 5.75. The van der Waals surface area contributed by atoms with E-state index in [1.54, 1.807) is 30.3 Å². The molecule has 2 rings (SSSR count). The molecule has 0 unspecified atom stereocenters. The number of hydrogen-bond acceptors (Lipinski definition) is 2. The van der Waals surface area contributed by atoms with E-state index in [2.05, 4.69) is 18.7 Å². The molecule has 2 aromatic rings. The number of allylic oxidation sites excluding steroid dienone is 2. The summed E-state index contributed by atoms with van der Waals surface area (Å²) in [6.07, 6.45) is 11.5. The Morgan fingerprint density at radius 1 is 1.04 bits per heavy atom. The van der Waals surface area contributed by atoms with Crippen molar-refractivity contribution in [1.29, 1.82) is 5.26 Å². The molecular weight excluding hydrogens is 313 g/mol. The summed E-state index contributed by atoms with van der Waals surface area (Å²) < 4.78 is 18.8. The summed E-state index contributed by atoms with van der Waals surface area (Å²) in [6.45, 7) is 3.72. The zero-order valence-corrected chi connectivity index (χ0v) is 14.2. The van der Waals surface area contributed by atoms with E-state index in [9.17, 15) is 4.39 Å². The van der Waals surface area contributed by atoms with Crippen molar-refractivity contribution in [1.82, 2.24) is 0 Å². The molecule has 0 bridgehead atoms. The molecule has 0 heterocycles. The highest BCUT2D eigenvalue weighted by Gasteiger charge is 2.05. The first-order valence-corrected chi connectivity index (χ1v) is 8.48. The maximum absolute atomic E-state index is 13.0. The molecule has 2 aromatic carbocycles. The summed E-state index contributed by atoms with van der Waals surface area (Å²) in [6, 6.07) is 13.3. The number of hydrogen-bond donors (Lipinski definition) is 0. The van der Waals surface area contributed by atoms with Crippen molar-refractivity contribution in [3.63, 3.8) is 0 Å². The molecule has 0 N–H and O–H groups in total. The molecule has 0 aliphatic rings. The number of rotatable bonds is 9. The van der Waals surface area contributed by atoms with Crippen molar-refractivity contribution in [2.24, 2.45) is 0 Å². The lowest BCUT2D eigenvalue weighted by Crippen LogP contribution is -1.89. The lowest BCUT2D eigenvalue weighted by molar-refractivity contribution is 0.479. The summed E-state index contributed by atoms with van der Waals surface area (Å²) in [5.74, 6) is 0.905. The second-order valence-electron chi connectivity index (χ2n) is 5.75. The molecule has 3 heteroatoms. The number of halogens is 1. The van der Waals surface area contributed by atoms with Gasteiger partial charge in [0.1, 0.15) is 17.3 Å². The number of ether oxygens (including phenoxy) is 1. The van der Waals surface area contributed by atoms with E-state index in [0.717, 1.165) is 24.8 Å². The Balaban J connectivity index is 2.05. The zero-order chi connectivity index (χ0) is 17.9. The fourth-order valence-electron chi connectivity index (χ4n) is 2.41. The van der Waals surface area contributed by atoms with Gasteiger partial charge in [-0.25, -0.2) is 4.39 Å². The minimum absolute atomic E-state index is 0.302. The molecular formula is C22H22FNO. The van der Waals surface area contributed by atoms with Crippen molar-refractivity contribution >= 4 is 6.08 Å². The Bertz CT molecular complexity index is 757. The smallest absolute Gasteiger partial charge is 0.134 e. The molecule has 2 nitrogen and oxygen atoms in total. The van der Waals surface area contributed by atoms with Crippen molar-refractivity contribution in [2.45, 2.75) is 32.1 Å². The fraction of sp³-hybridized carbons (Fsp3) is 0.227. The van der Waals surface area contributed by atoms with Crippen LogP contribution in [0.2, 0.25) is 0 Å². The predicted octanol–water partition coefficient (Wildman–Crippen LogP) is 6.64. The van der Waals surface area contributed by atoms with E-state index in [0.29, 0.717) is 17.1 Å². The Morgan fingerprint density at radius 2 is 1.80 bits per heavy atom. The van der Waals surface area contributed by atoms with Crippen LogP contribution in [0.5, 0.6) is 11.5 Å². The van der Waals surface area contributed by atoms with Crippen LogP contribution in [-0.4, -0.2) is 0 Å². The van der Waals surface area contributed by atoms with Gasteiger partial charge in [0.2, 0.25) is 0 Å². The van der Waals surface area contributed by atoms with Crippen molar-refractivity contribution in [3.05, 3.63) is 78.1 Å². The Labute approximate surface area is 148 Å². The van der Waals surface area contributed by atoms with Gasteiger partial charge in [0.05, 0.1) is 11.6 Å². The largest absolute Gasteiger partial charge is 0.457 e. The summed E-state index contributed by atoms with van der Waals surface area (Å²) >= 11 is 0. The minimum atomic E-state index is -0.302. The highest BCUT2D eigenvalue weighted by Crippen LogP contribution is 2.27. The lowest BCUT2D eigenvalue weighted by atomic mass is 10.1. The monoisotopic (exact) mass is 335 g/mol. The van der Waals surface area contributed by atoms with Crippen LogP contribution in [0.4, 0.5) is 4.39 Å². The number of nitriles is 1. The molecule has 0 amide bonds. The average molecular weight is 335 g/mol. The third-order valence-electron chi connectivity index (χ3n) is 3.76. The lowest BCUT2D eigenvalue weighted by Gasteiger charge is -2.09. The van der Waals surface area contributed by atoms with Crippen molar-refractivity contribution in [2.75, 3.05) is 0 Å². The Hall–Kier alpha value is -2.86. The van der Waals surface area contributed by atoms with E-state index in [-0.39, 0.29) is 5.82 Å². The van der Waals surface area contributed by atoms with Gasteiger partial charge in [0, 0.05) is 5.56 Å². The molecule has 0 aromatic heterocycles. The van der Waals surface area contributed by atoms with E-state index >= 15 is 0 Å². The molecule has 0 saturated heterocycles. The third-order valence-corrected chi connectivity index (χ3v) is 3.76. The first-order chi connectivity index (χ1) is 12.2. The molecule has 0 aliphatic heterocycles. The van der Waals surface area contributed by atoms with Gasteiger partial charge in [-0.1, -0.05) is 24.6 Å². The van der Waals surface area contributed by atoms with Crippen LogP contribution in [0.3, 0.4) is 0 Å². The first-order valence-electron chi connectivity index (χ1n) is 8.48. The summed E-state index contributed by atoms with van der Waals surface area (Å²) in [5, 5.41) is 9.10. The van der Waals surface area contributed by atoms with E-state index in [1.165, 1.54) is 25.0 Å². The highest BCUT2D eigenvalue weighted by atomic mass is 19.1. The number of unbranched alkanes of at least 4 members (excludes halogenated alkanes) is 4. The normalized spacial score (nSPS) is 10.6. The van der Waals surface area contributed by atoms with Gasteiger partial charge >= 0.3 is 0 Å². The molecule has 25 heavy (non-hydrogen) atoms. The predicted molar refractivity (Wildman–Crippen MR) is 99.9 cm³/mol. The van der Waals surface area contributed by atoms with Gasteiger partial charge in [0.25, 0.3) is 0 Å². The van der Waals surface area contributed by atoms with Crippen LogP contribution in [0.1, 0.15) is 43.2 Å². The second kappa shape index (κ2) is 10.1. The van der Waals surface area contributed by atoms with Crippen molar-refractivity contribution in [3.8, 4) is 17.6 Å². The molecule has 0 atom stereocenters. The van der Waals surface area contributed by atoms with Crippen LogP contribution in [0.15, 0.2) is 61.2 Å². The van der Waals surface area contributed by atoms with Crippen LogP contribution in [-0.2, 0) is 0 Å². The van der Waals surface area contributed by atoms with Gasteiger partial charge < -0.3 is 4.74 Å². The Morgan fingerprint density at radius 3 is 2.52 bits per heavy atom. The van der Waals surface area contributed by atoms with Gasteiger partial charge in [-0.2, -0.15) is 5.26 Å². The first kappa shape index (κ1) is 18.5. The molecule has 0 aliphatic carbocycles. The number of nitrogens with zero attached hydrogens (tertiary/aromatic N) is 1. The summed E-state index contributed by atoms with van der Waals surface area (Å²) in [7, 11) is 0. The van der Waals surface area contributed by atoms with Crippen LogP contribution < -0.4 is 4.74 Å². The Kier molecular flexibility index (Phi) is 7.46. The quantitative estimate of drug-likeness (QED) is 0.380. The van der Waals surface area contributed by atoms with Crippen LogP contribution in [0, 0.1) is 17.1 Å². The van der Waals surface area contributed by atoms with Gasteiger partial charge in [-0.3, -0.25) is 0 Å². The van der Waals surface area contributed by atoms with Gasteiger partial charge in [0.15, 0.2) is 0 Å². The maximum Gasteiger partial charge on any atom is 0.134 e. The summed E-state index contributed by atoms with van der Waals surface area (Å²) in [4.78, 5) is 0. The molecule has 0 saturated carbocycles. The topological polar surface area (TPSA) is 33.0 Å². The standard InChI is InChI=1S/C22H22FNO/c1-2-3-4-5-6-7-8-9-19-16-18(17-24)10-15-22(19)25-21-13-11-20(23)12-14-21/h2,8-16H,1,3-7H2/b9-8-. The van der Waals surface area contributed by atoms with E-state index in [4.69, 9.17) is 10.00 Å². The van der Waals surface area contributed by atoms with E-state index in [1.807, 2.05) is 12.2 Å². The van der Waals surface area contributed by atoms with E-state index < -0.39 is 0 Å². The molecule has 128 valence electrons. The van der Waals surface area contributed by atoms with Crippen LogP contribution in [0.25, 0.3) is 6.08 Å².